The van der Waals surface area contributed by atoms with Crippen LogP contribution in [0, 0.1) is 5.92 Å². The van der Waals surface area contributed by atoms with Gasteiger partial charge >= 0.3 is 5.97 Å². The average Bonchev–Trinajstić information content (AvgIpc) is 2.78. The van der Waals surface area contributed by atoms with Crippen LogP contribution < -0.4 is 5.32 Å². The van der Waals surface area contributed by atoms with E-state index in [0.717, 1.165) is 52.8 Å². The summed E-state index contributed by atoms with van der Waals surface area (Å²) in [5.41, 5.74) is 1.07. The van der Waals surface area contributed by atoms with Gasteiger partial charge in [0.25, 0.3) is 0 Å². The smallest absolute Gasteiger partial charge is 0.328 e. The molecule has 1 atom stereocenters. The summed E-state index contributed by atoms with van der Waals surface area (Å²) < 4.78 is 5.04. The molecular formula is C25H27NO3. The van der Waals surface area contributed by atoms with Gasteiger partial charge in [-0.25, -0.2) is 4.79 Å². The van der Waals surface area contributed by atoms with Crippen LogP contribution in [-0.2, 0) is 20.7 Å². The molecule has 1 aliphatic rings. The standard InChI is InChI=1S/C25H27NO3/c1-29-25(28)23(26-24(27)17-9-3-2-4-10-17)16-22-20-13-7-5-11-18(20)15-19-12-6-8-14-21(19)22/h5-8,11-15,17,23H,2-4,9-10,16H2,1H3,(H,26,27)/t23-/m0/s1. The number of hydrogen-bond donors (Lipinski definition) is 1. The van der Waals surface area contributed by atoms with Gasteiger partial charge in [-0.3, -0.25) is 4.79 Å². The second-order valence-electron chi connectivity index (χ2n) is 7.92. The van der Waals surface area contributed by atoms with E-state index < -0.39 is 12.0 Å². The lowest BCUT2D eigenvalue weighted by atomic mass is 9.88. The van der Waals surface area contributed by atoms with Gasteiger partial charge in [-0.1, -0.05) is 67.8 Å². The van der Waals surface area contributed by atoms with E-state index in [2.05, 4.69) is 35.6 Å². The molecule has 0 unspecified atom stereocenters. The van der Waals surface area contributed by atoms with Crippen molar-refractivity contribution in [3.8, 4) is 0 Å². The molecule has 0 aromatic heterocycles. The van der Waals surface area contributed by atoms with Crippen molar-refractivity contribution in [2.75, 3.05) is 7.11 Å². The van der Waals surface area contributed by atoms with Crippen LogP contribution >= 0.6 is 0 Å². The van der Waals surface area contributed by atoms with Gasteiger partial charge in [0.15, 0.2) is 0 Å². The van der Waals surface area contributed by atoms with E-state index in [9.17, 15) is 9.59 Å². The van der Waals surface area contributed by atoms with Gasteiger partial charge in [0.1, 0.15) is 6.04 Å². The number of carbonyl (C=O) groups is 2. The van der Waals surface area contributed by atoms with Crippen molar-refractivity contribution in [3.63, 3.8) is 0 Å². The number of amides is 1. The van der Waals surface area contributed by atoms with E-state index >= 15 is 0 Å². The van der Waals surface area contributed by atoms with E-state index in [-0.39, 0.29) is 11.8 Å². The summed E-state index contributed by atoms with van der Waals surface area (Å²) in [6, 6.07) is 17.8. The van der Waals surface area contributed by atoms with Crippen molar-refractivity contribution < 1.29 is 14.3 Å². The molecule has 3 aromatic carbocycles. The van der Waals surface area contributed by atoms with Crippen LogP contribution in [0.4, 0.5) is 0 Å². The Hall–Kier alpha value is -2.88. The van der Waals surface area contributed by atoms with Gasteiger partial charge in [0, 0.05) is 12.3 Å². The highest BCUT2D eigenvalue weighted by Gasteiger charge is 2.28. The summed E-state index contributed by atoms with van der Waals surface area (Å²) in [4.78, 5) is 25.4. The van der Waals surface area contributed by atoms with Crippen molar-refractivity contribution in [2.45, 2.75) is 44.6 Å². The van der Waals surface area contributed by atoms with Gasteiger partial charge in [-0.15, -0.1) is 0 Å². The zero-order valence-corrected chi connectivity index (χ0v) is 16.8. The van der Waals surface area contributed by atoms with Gasteiger partial charge < -0.3 is 10.1 Å². The van der Waals surface area contributed by atoms with Crippen molar-refractivity contribution in [2.24, 2.45) is 5.92 Å². The van der Waals surface area contributed by atoms with Crippen LogP contribution in [0.1, 0.15) is 37.7 Å². The number of ether oxygens (including phenoxy) is 1. The third-order valence-electron chi connectivity index (χ3n) is 6.07. The number of benzene rings is 3. The van der Waals surface area contributed by atoms with E-state index in [1.807, 2.05) is 24.3 Å². The molecule has 0 heterocycles. The second-order valence-corrected chi connectivity index (χ2v) is 7.92. The third-order valence-corrected chi connectivity index (χ3v) is 6.07. The summed E-state index contributed by atoms with van der Waals surface area (Å²) in [6.45, 7) is 0. The molecule has 0 saturated heterocycles. The summed E-state index contributed by atoms with van der Waals surface area (Å²) in [5, 5.41) is 7.47. The first-order valence-corrected chi connectivity index (χ1v) is 10.4. The summed E-state index contributed by atoms with van der Waals surface area (Å²) >= 11 is 0. The second kappa shape index (κ2) is 8.64. The number of fused-ring (bicyclic) bond motifs is 2. The van der Waals surface area contributed by atoms with Crippen molar-refractivity contribution in [3.05, 3.63) is 60.2 Å². The van der Waals surface area contributed by atoms with Gasteiger partial charge in [-0.05, 0) is 46.0 Å². The molecule has 0 aliphatic heterocycles. The number of carbonyl (C=O) groups excluding carboxylic acids is 2. The zero-order valence-electron chi connectivity index (χ0n) is 16.8. The van der Waals surface area contributed by atoms with Crippen LogP contribution in [0.2, 0.25) is 0 Å². The van der Waals surface area contributed by atoms with Gasteiger partial charge in [-0.2, -0.15) is 0 Å². The van der Waals surface area contributed by atoms with E-state index in [0.29, 0.717) is 6.42 Å². The largest absolute Gasteiger partial charge is 0.467 e. The first-order chi connectivity index (χ1) is 14.2. The van der Waals surface area contributed by atoms with E-state index in [1.165, 1.54) is 13.5 Å². The van der Waals surface area contributed by atoms with Crippen molar-refractivity contribution >= 4 is 33.4 Å². The maximum absolute atomic E-state index is 12.8. The number of esters is 1. The zero-order chi connectivity index (χ0) is 20.2. The third kappa shape index (κ3) is 4.12. The molecule has 1 saturated carbocycles. The fourth-order valence-corrected chi connectivity index (χ4v) is 4.52. The molecule has 0 radical (unpaired) electrons. The van der Waals surface area contributed by atoms with Crippen molar-refractivity contribution in [1.82, 2.24) is 5.32 Å². The fraction of sp³-hybridized carbons (Fsp3) is 0.360. The van der Waals surface area contributed by atoms with Gasteiger partial charge in [0.05, 0.1) is 7.11 Å². The Morgan fingerprint density at radius 1 is 0.966 bits per heavy atom. The topological polar surface area (TPSA) is 55.4 Å². The molecule has 29 heavy (non-hydrogen) atoms. The van der Waals surface area contributed by atoms with Crippen LogP contribution in [0.15, 0.2) is 54.6 Å². The Bertz CT molecular complexity index is 983. The van der Waals surface area contributed by atoms with Crippen molar-refractivity contribution in [1.29, 1.82) is 0 Å². The maximum Gasteiger partial charge on any atom is 0.328 e. The molecule has 0 spiro atoms. The molecule has 4 nitrogen and oxygen atoms in total. The van der Waals surface area contributed by atoms with Crippen LogP contribution in [0.25, 0.3) is 21.5 Å². The predicted octanol–water partition coefficient (Wildman–Crippen LogP) is 4.77. The molecule has 4 heteroatoms. The minimum atomic E-state index is -0.691. The normalized spacial score (nSPS) is 15.9. The quantitative estimate of drug-likeness (QED) is 0.505. The number of rotatable bonds is 5. The molecule has 4 rings (SSSR count). The SMILES string of the molecule is COC(=O)[C@H](Cc1c2ccccc2cc2ccccc12)NC(=O)C1CCCCC1. The van der Waals surface area contributed by atoms with E-state index in [4.69, 9.17) is 4.74 Å². The van der Waals surface area contributed by atoms with E-state index in [1.54, 1.807) is 0 Å². The van der Waals surface area contributed by atoms with Crippen LogP contribution in [-0.4, -0.2) is 25.0 Å². The molecule has 1 amide bonds. The molecular weight excluding hydrogens is 362 g/mol. The number of hydrogen-bond acceptors (Lipinski definition) is 3. The highest BCUT2D eigenvalue weighted by atomic mass is 16.5. The Labute approximate surface area is 171 Å². The molecule has 0 bridgehead atoms. The lowest BCUT2D eigenvalue weighted by Gasteiger charge is -2.24. The lowest BCUT2D eigenvalue weighted by Crippen LogP contribution is -2.45. The fourth-order valence-electron chi connectivity index (χ4n) is 4.52. The minimum Gasteiger partial charge on any atom is -0.467 e. The number of nitrogens with one attached hydrogen (secondary N) is 1. The minimum absolute atomic E-state index is 0.000155. The summed E-state index contributed by atoms with van der Waals surface area (Å²) in [6.07, 6.45) is 5.55. The Morgan fingerprint density at radius 2 is 1.55 bits per heavy atom. The molecule has 150 valence electrons. The Morgan fingerprint density at radius 3 is 2.14 bits per heavy atom. The average molecular weight is 389 g/mol. The lowest BCUT2D eigenvalue weighted by molar-refractivity contribution is -0.145. The monoisotopic (exact) mass is 389 g/mol. The molecule has 1 fully saturated rings. The molecule has 1 N–H and O–H groups in total. The first-order valence-electron chi connectivity index (χ1n) is 10.4. The highest BCUT2D eigenvalue weighted by Crippen LogP contribution is 2.30. The predicted molar refractivity (Wildman–Crippen MR) is 116 cm³/mol. The maximum atomic E-state index is 12.8. The van der Waals surface area contributed by atoms with Crippen LogP contribution in [0.5, 0.6) is 0 Å². The summed E-state index contributed by atoms with van der Waals surface area (Å²) in [7, 11) is 1.38. The molecule has 3 aromatic rings. The summed E-state index contributed by atoms with van der Waals surface area (Å²) in [5.74, 6) is -0.420. The van der Waals surface area contributed by atoms with Crippen LogP contribution in [0.3, 0.4) is 0 Å². The highest BCUT2D eigenvalue weighted by molar-refractivity contribution is 6.02. The first kappa shape index (κ1) is 19.4. The Kier molecular flexibility index (Phi) is 5.79. The molecule has 1 aliphatic carbocycles. The van der Waals surface area contributed by atoms with Gasteiger partial charge in [0.2, 0.25) is 5.91 Å². The number of methoxy groups -OCH3 is 1. The Balaban J connectivity index is 1.70.